The number of amides is 2. The van der Waals surface area contributed by atoms with Gasteiger partial charge in [0.2, 0.25) is 5.91 Å². The summed E-state index contributed by atoms with van der Waals surface area (Å²) in [6, 6.07) is 2.22. The number of nitrogens with one attached hydrogen (secondary N) is 1. The molecule has 0 aromatic carbocycles. The summed E-state index contributed by atoms with van der Waals surface area (Å²) in [7, 11) is 0. The molecule has 0 spiro atoms. The predicted octanol–water partition coefficient (Wildman–Crippen LogP) is 0.490. The Morgan fingerprint density at radius 3 is 2.76 bits per heavy atom. The van der Waals surface area contributed by atoms with E-state index in [1.807, 2.05) is 6.92 Å². The Morgan fingerprint density at radius 1 is 1.44 bits per heavy atom. The van der Waals surface area contributed by atoms with Crippen molar-refractivity contribution in [2.24, 2.45) is 5.73 Å². The fraction of sp³-hybridized carbons (Fsp3) is 0.375. The predicted molar refractivity (Wildman–Crippen MR) is 88.4 cm³/mol. The summed E-state index contributed by atoms with van der Waals surface area (Å²) in [4.78, 5) is 39.1. The maximum atomic E-state index is 12.6. The fourth-order valence-electron chi connectivity index (χ4n) is 2.47. The van der Waals surface area contributed by atoms with Crippen LogP contribution in [0.5, 0.6) is 5.75 Å². The van der Waals surface area contributed by atoms with Crippen molar-refractivity contribution >= 4 is 23.4 Å². The van der Waals surface area contributed by atoms with Gasteiger partial charge in [0, 0.05) is 12.6 Å². The zero-order valence-electron chi connectivity index (χ0n) is 14.0. The third-order valence-electron chi connectivity index (χ3n) is 3.59. The third-order valence-corrected chi connectivity index (χ3v) is 3.59. The number of carbonyl (C=O) groups excluding carboxylic acids is 2. The van der Waals surface area contributed by atoms with Crippen LogP contribution in [-0.4, -0.2) is 44.9 Å². The van der Waals surface area contributed by atoms with Crippen molar-refractivity contribution in [2.75, 3.05) is 6.61 Å². The average Bonchev–Trinajstić information content (AvgIpc) is 2.88. The number of hydrogen-bond donors (Lipinski definition) is 3. The summed E-state index contributed by atoms with van der Waals surface area (Å²) >= 11 is 0. The van der Waals surface area contributed by atoms with E-state index in [1.165, 1.54) is 0 Å². The van der Waals surface area contributed by atoms with E-state index < -0.39 is 23.8 Å². The van der Waals surface area contributed by atoms with Gasteiger partial charge in [-0.1, -0.05) is 0 Å². The van der Waals surface area contributed by atoms with Crippen LogP contribution < -0.4 is 15.8 Å². The third kappa shape index (κ3) is 4.06. The maximum absolute atomic E-state index is 12.6. The Morgan fingerprint density at radius 2 is 2.16 bits per heavy atom. The molecule has 0 saturated heterocycles. The molecular weight excluding hydrogens is 328 g/mol. The van der Waals surface area contributed by atoms with E-state index in [0.29, 0.717) is 23.7 Å². The minimum absolute atomic E-state index is 0.0869. The SMILES string of the molecule is CCOc1cccn2c(C(=O)NC(CCC(N)=O)C(=O)O)c(C)nc12. The molecule has 2 rings (SSSR count). The maximum Gasteiger partial charge on any atom is 0.326 e. The second kappa shape index (κ2) is 7.65. The van der Waals surface area contributed by atoms with Crippen molar-refractivity contribution in [2.45, 2.75) is 32.7 Å². The summed E-state index contributed by atoms with van der Waals surface area (Å²) in [6.45, 7) is 3.93. The van der Waals surface area contributed by atoms with Gasteiger partial charge in [-0.2, -0.15) is 0 Å². The van der Waals surface area contributed by atoms with E-state index in [9.17, 15) is 19.5 Å². The normalized spacial score (nSPS) is 11.9. The molecule has 2 aromatic rings. The van der Waals surface area contributed by atoms with E-state index in [0.717, 1.165) is 0 Å². The van der Waals surface area contributed by atoms with Gasteiger partial charge in [0.1, 0.15) is 11.7 Å². The van der Waals surface area contributed by atoms with Crippen LogP contribution >= 0.6 is 0 Å². The first-order valence-electron chi connectivity index (χ1n) is 7.77. The van der Waals surface area contributed by atoms with Crippen LogP contribution in [0.3, 0.4) is 0 Å². The quantitative estimate of drug-likeness (QED) is 0.635. The highest BCUT2D eigenvalue weighted by Crippen LogP contribution is 2.22. The summed E-state index contributed by atoms with van der Waals surface area (Å²) in [6.07, 6.45) is 1.42. The number of imidazole rings is 1. The van der Waals surface area contributed by atoms with Crippen LogP contribution in [0.4, 0.5) is 0 Å². The van der Waals surface area contributed by atoms with E-state index in [-0.39, 0.29) is 18.5 Å². The van der Waals surface area contributed by atoms with E-state index in [4.69, 9.17) is 10.5 Å². The molecule has 0 aliphatic carbocycles. The molecule has 0 bridgehead atoms. The number of primary amides is 1. The second-order valence-electron chi connectivity index (χ2n) is 5.41. The molecule has 0 radical (unpaired) electrons. The number of carboxylic acid groups (broad SMARTS) is 1. The Labute approximate surface area is 143 Å². The number of aryl methyl sites for hydroxylation is 1. The number of nitrogens with zero attached hydrogens (tertiary/aromatic N) is 2. The minimum atomic E-state index is -1.24. The highest BCUT2D eigenvalue weighted by Gasteiger charge is 2.25. The van der Waals surface area contributed by atoms with Gasteiger partial charge >= 0.3 is 5.97 Å². The van der Waals surface area contributed by atoms with Crippen LogP contribution in [-0.2, 0) is 9.59 Å². The number of carboxylic acids is 1. The Kier molecular flexibility index (Phi) is 5.58. The van der Waals surface area contributed by atoms with Gasteiger partial charge in [0.15, 0.2) is 11.4 Å². The molecule has 9 nitrogen and oxygen atoms in total. The lowest BCUT2D eigenvalue weighted by molar-refractivity contribution is -0.139. The molecule has 25 heavy (non-hydrogen) atoms. The van der Waals surface area contributed by atoms with Gasteiger partial charge in [-0.25, -0.2) is 9.78 Å². The molecular formula is C16H20N4O5. The van der Waals surface area contributed by atoms with Gasteiger partial charge in [-0.3, -0.25) is 14.0 Å². The number of carbonyl (C=O) groups is 3. The molecule has 0 fully saturated rings. The van der Waals surface area contributed by atoms with Crippen molar-refractivity contribution in [3.05, 3.63) is 29.7 Å². The molecule has 1 unspecified atom stereocenters. The van der Waals surface area contributed by atoms with E-state index >= 15 is 0 Å². The van der Waals surface area contributed by atoms with Crippen molar-refractivity contribution in [1.82, 2.24) is 14.7 Å². The van der Waals surface area contributed by atoms with Crippen LogP contribution in [0.15, 0.2) is 18.3 Å². The van der Waals surface area contributed by atoms with Crippen LogP contribution in [0.25, 0.3) is 5.65 Å². The van der Waals surface area contributed by atoms with Crippen molar-refractivity contribution < 1.29 is 24.2 Å². The van der Waals surface area contributed by atoms with E-state index in [2.05, 4.69) is 10.3 Å². The van der Waals surface area contributed by atoms with Gasteiger partial charge in [-0.05, 0) is 32.4 Å². The minimum Gasteiger partial charge on any atom is -0.490 e. The highest BCUT2D eigenvalue weighted by molar-refractivity contribution is 5.97. The number of pyridine rings is 1. The van der Waals surface area contributed by atoms with Crippen molar-refractivity contribution in [3.63, 3.8) is 0 Å². The molecule has 0 aliphatic heterocycles. The zero-order valence-corrected chi connectivity index (χ0v) is 14.0. The van der Waals surface area contributed by atoms with Crippen LogP contribution in [0, 0.1) is 6.92 Å². The molecule has 4 N–H and O–H groups in total. The first-order chi connectivity index (χ1) is 11.8. The number of aliphatic carboxylic acids is 1. The number of aromatic nitrogens is 2. The van der Waals surface area contributed by atoms with Crippen LogP contribution in [0.2, 0.25) is 0 Å². The van der Waals surface area contributed by atoms with Gasteiger partial charge in [0.25, 0.3) is 5.91 Å². The van der Waals surface area contributed by atoms with E-state index in [1.54, 1.807) is 29.7 Å². The zero-order chi connectivity index (χ0) is 18.6. The van der Waals surface area contributed by atoms with Gasteiger partial charge in [0.05, 0.1) is 12.3 Å². The standard InChI is InChI=1S/C16H20N4O5/c1-3-25-11-5-4-8-20-13(9(2)18-14(11)20)15(22)19-10(16(23)24)6-7-12(17)21/h4-5,8,10H,3,6-7H2,1-2H3,(H2,17,21)(H,19,22)(H,23,24). The first kappa shape index (κ1) is 18.2. The first-order valence-corrected chi connectivity index (χ1v) is 7.77. The Bertz CT molecular complexity index is 814. The molecule has 2 amide bonds. The Balaban J connectivity index is 2.32. The lowest BCUT2D eigenvalue weighted by Crippen LogP contribution is -2.42. The largest absolute Gasteiger partial charge is 0.490 e. The van der Waals surface area contributed by atoms with Crippen molar-refractivity contribution in [1.29, 1.82) is 0 Å². The summed E-state index contributed by atoms with van der Waals surface area (Å²) < 4.78 is 7.04. The molecule has 2 aromatic heterocycles. The fourth-order valence-corrected chi connectivity index (χ4v) is 2.47. The molecule has 134 valence electrons. The number of hydrogen-bond acceptors (Lipinski definition) is 5. The van der Waals surface area contributed by atoms with Gasteiger partial charge < -0.3 is 20.9 Å². The number of ether oxygens (including phenoxy) is 1. The number of nitrogens with two attached hydrogens (primary N) is 1. The lowest BCUT2D eigenvalue weighted by Gasteiger charge is -2.14. The monoisotopic (exact) mass is 348 g/mol. The smallest absolute Gasteiger partial charge is 0.326 e. The van der Waals surface area contributed by atoms with Crippen molar-refractivity contribution in [3.8, 4) is 5.75 Å². The molecule has 2 heterocycles. The summed E-state index contributed by atoms with van der Waals surface area (Å²) in [5, 5.41) is 11.6. The van der Waals surface area contributed by atoms with Gasteiger partial charge in [-0.15, -0.1) is 0 Å². The number of rotatable bonds is 8. The topological polar surface area (TPSA) is 136 Å². The van der Waals surface area contributed by atoms with Crippen LogP contribution in [0.1, 0.15) is 35.9 Å². The summed E-state index contributed by atoms with van der Waals surface area (Å²) in [5.41, 5.74) is 6.15. The average molecular weight is 348 g/mol. The molecule has 0 saturated carbocycles. The summed E-state index contributed by atoms with van der Waals surface area (Å²) in [5.74, 6) is -1.95. The Hall–Kier alpha value is -3.10. The molecule has 9 heteroatoms. The molecule has 0 aliphatic rings. The molecule has 1 atom stereocenters. The second-order valence-corrected chi connectivity index (χ2v) is 5.41. The lowest BCUT2D eigenvalue weighted by atomic mass is 10.1. The number of fused-ring (bicyclic) bond motifs is 1. The highest BCUT2D eigenvalue weighted by atomic mass is 16.5.